The van der Waals surface area contributed by atoms with Crippen molar-refractivity contribution in [3.05, 3.63) is 48.0 Å². The van der Waals surface area contributed by atoms with Gasteiger partial charge in [-0.2, -0.15) is 5.10 Å². The molecule has 0 amide bonds. The molecule has 0 aliphatic heterocycles. The lowest BCUT2D eigenvalue weighted by molar-refractivity contribution is 0.530. The van der Waals surface area contributed by atoms with Gasteiger partial charge in [0.05, 0.1) is 12.2 Å². The molecule has 0 bridgehead atoms. The second-order valence-corrected chi connectivity index (χ2v) is 5.36. The molecular formula is C16H23FN4. The first-order chi connectivity index (χ1) is 10.1. The van der Waals surface area contributed by atoms with E-state index in [4.69, 9.17) is 5.73 Å². The molecule has 4 nitrogen and oxygen atoms in total. The molecule has 2 aromatic rings. The van der Waals surface area contributed by atoms with Crippen LogP contribution in [-0.2, 0) is 0 Å². The molecule has 1 unspecified atom stereocenters. The van der Waals surface area contributed by atoms with Crippen molar-refractivity contribution >= 4 is 5.69 Å². The van der Waals surface area contributed by atoms with Crippen LogP contribution in [0.15, 0.2) is 36.7 Å². The van der Waals surface area contributed by atoms with Gasteiger partial charge in [0.25, 0.3) is 0 Å². The van der Waals surface area contributed by atoms with E-state index < -0.39 is 0 Å². The number of hydrogen-bond donors (Lipinski definition) is 1. The van der Waals surface area contributed by atoms with Crippen molar-refractivity contribution < 1.29 is 4.39 Å². The Bertz CT molecular complexity index is 579. The maximum atomic E-state index is 13.5. The van der Waals surface area contributed by atoms with E-state index in [9.17, 15) is 4.39 Å². The summed E-state index contributed by atoms with van der Waals surface area (Å²) in [6.45, 7) is 7.41. The highest BCUT2D eigenvalue weighted by Crippen LogP contribution is 2.27. The second kappa shape index (κ2) is 6.72. The highest BCUT2D eigenvalue weighted by Gasteiger charge is 2.20. The summed E-state index contributed by atoms with van der Waals surface area (Å²) >= 11 is 0. The fraction of sp³-hybridized carbons (Fsp3) is 0.438. The number of halogens is 1. The quantitative estimate of drug-likeness (QED) is 0.889. The fourth-order valence-corrected chi connectivity index (χ4v) is 2.49. The smallest absolute Gasteiger partial charge is 0.125 e. The average molecular weight is 290 g/mol. The third kappa shape index (κ3) is 3.42. The van der Waals surface area contributed by atoms with Gasteiger partial charge >= 0.3 is 0 Å². The maximum absolute atomic E-state index is 13.5. The minimum absolute atomic E-state index is 0.00991. The van der Waals surface area contributed by atoms with Crippen molar-refractivity contribution in [3.8, 4) is 0 Å². The Kier molecular flexibility index (Phi) is 4.96. The van der Waals surface area contributed by atoms with Crippen molar-refractivity contribution in [2.45, 2.75) is 32.9 Å². The summed E-state index contributed by atoms with van der Waals surface area (Å²) in [7, 11) is 0. The highest BCUT2D eigenvalue weighted by atomic mass is 19.1. The van der Waals surface area contributed by atoms with Crippen LogP contribution in [0, 0.1) is 5.82 Å². The predicted octanol–water partition coefficient (Wildman–Crippen LogP) is 3.13. The molecule has 2 rings (SSSR count). The number of hydrogen-bond acceptors (Lipinski definition) is 3. The van der Waals surface area contributed by atoms with Gasteiger partial charge in [0.15, 0.2) is 0 Å². The topological polar surface area (TPSA) is 47.1 Å². The molecule has 0 fully saturated rings. The Labute approximate surface area is 125 Å². The van der Waals surface area contributed by atoms with E-state index in [1.54, 1.807) is 12.1 Å². The number of aromatic nitrogens is 2. The van der Waals surface area contributed by atoms with Crippen LogP contribution < -0.4 is 10.6 Å². The lowest BCUT2D eigenvalue weighted by Gasteiger charge is -2.31. The van der Waals surface area contributed by atoms with Gasteiger partial charge in [-0.3, -0.25) is 4.68 Å². The van der Waals surface area contributed by atoms with Crippen molar-refractivity contribution in [1.29, 1.82) is 0 Å². The van der Waals surface area contributed by atoms with E-state index in [1.807, 2.05) is 30.1 Å². The second-order valence-electron chi connectivity index (χ2n) is 5.36. The Hall–Kier alpha value is -1.88. The first-order valence-corrected chi connectivity index (χ1v) is 7.33. The SMILES string of the molecule is CCN(c1cccc(F)c1)C(CN)c1cnn(C(C)C)c1. The molecule has 1 aromatic carbocycles. The number of rotatable bonds is 6. The molecule has 0 radical (unpaired) electrons. The molecule has 0 spiro atoms. The zero-order valence-corrected chi connectivity index (χ0v) is 12.8. The maximum Gasteiger partial charge on any atom is 0.125 e. The number of nitrogens with zero attached hydrogens (tertiary/aromatic N) is 3. The van der Waals surface area contributed by atoms with Gasteiger partial charge in [0, 0.05) is 36.6 Å². The van der Waals surface area contributed by atoms with Gasteiger partial charge in [0.2, 0.25) is 0 Å². The van der Waals surface area contributed by atoms with Crippen LogP contribution in [0.2, 0.25) is 0 Å². The number of nitrogens with two attached hydrogens (primary N) is 1. The summed E-state index contributed by atoms with van der Waals surface area (Å²) in [5, 5.41) is 4.37. The van der Waals surface area contributed by atoms with Crippen molar-refractivity contribution in [2.75, 3.05) is 18.0 Å². The molecule has 21 heavy (non-hydrogen) atoms. The third-order valence-corrected chi connectivity index (χ3v) is 3.62. The number of likely N-dealkylation sites (N-methyl/N-ethyl adjacent to an activating group) is 1. The molecule has 0 saturated carbocycles. The van der Waals surface area contributed by atoms with Crippen LogP contribution in [-0.4, -0.2) is 22.9 Å². The van der Waals surface area contributed by atoms with Crippen LogP contribution in [0.25, 0.3) is 0 Å². The standard InChI is InChI=1S/C16H23FN4/c1-4-20(15-7-5-6-14(17)8-15)16(9-18)13-10-19-21(11-13)12(2)3/h5-8,10-12,16H,4,9,18H2,1-3H3. The van der Waals surface area contributed by atoms with Crippen LogP contribution >= 0.6 is 0 Å². The van der Waals surface area contributed by atoms with Crippen molar-refractivity contribution in [2.24, 2.45) is 5.73 Å². The monoisotopic (exact) mass is 290 g/mol. The molecular weight excluding hydrogens is 267 g/mol. The molecule has 2 N–H and O–H groups in total. The van der Waals surface area contributed by atoms with Crippen molar-refractivity contribution in [1.82, 2.24) is 9.78 Å². The summed E-state index contributed by atoms with van der Waals surface area (Å²) < 4.78 is 15.4. The Balaban J connectivity index is 2.32. The normalized spacial score (nSPS) is 12.7. The van der Waals surface area contributed by atoms with E-state index >= 15 is 0 Å². The first-order valence-electron chi connectivity index (χ1n) is 7.33. The summed E-state index contributed by atoms with van der Waals surface area (Å²) in [4.78, 5) is 2.10. The first kappa shape index (κ1) is 15.5. The highest BCUT2D eigenvalue weighted by molar-refractivity contribution is 5.49. The molecule has 1 aromatic heterocycles. The van der Waals surface area contributed by atoms with Crippen molar-refractivity contribution in [3.63, 3.8) is 0 Å². The minimum atomic E-state index is -0.236. The lowest BCUT2D eigenvalue weighted by Crippen LogP contribution is -2.33. The van der Waals surface area contributed by atoms with Crippen LogP contribution in [0.1, 0.15) is 38.4 Å². The Morgan fingerprint density at radius 1 is 1.38 bits per heavy atom. The molecule has 1 heterocycles. The van der Waals surface area contributed by atoms with E-state index in [-0.39, 0.29) is 11.9 Å². The van der Waals surface area contributed by atoms with Crippen LogP contribution in [0.4, 0.5) is 10.1 Å². The van der Waals surface area contributed by atoms with Gasteiger partial charge in [-0.25, -0.2) is 4.39 Å². The largest absolute Gasteiger partial charge is 0.363 e. The Morgan fingerprint density at radius 2 is 2.14 bits per heavy atom. The number of anilines is 1. The summed E-state index contributed by atoms with van der Waals surface area (Å²) in [5.74, 6) is -0.236. The van der Waals surface area contributed by atoms with E-state index in [0.717, 1.165) is 17.8 Å². The van der Waals surface area contributed by atoms with E-state index in [0.29, 0.717) is 12.6 Å². The van der Waals surface area contributed by atoms with E-state index in [1.165, 1.54) is 6.07 Å². The van der Waals surface area contributed by atoms with E-state index in [2.05, 4.69) is 23.8 Å². The fourth-order valence-electron chi connectivity index (χ4n) is 2.49. The van der Waals surface area contributed by atoms with Gasteiger partial charge < -0.3 is 10.6 Å². The molecule has 0 aliphatic carbocycles. The molecule has 114 valence electrons. The zero-order chi connectivity index (χ0) is 15.4. The summed E-state index contributed by atoms with van der Waals surface area (Å²) in [6, 6.07) is 6.91. The van der Waals surface area contributed by atoms with Gasteiger partial charge in [-0.05, 0) is 39.0 Å². The van der Waals surface area contributed by atoms with Crippen LogP contribution in [0.3, 0.4) is 0 Å². The molecule has 0 saturated heterocycles. The van der Waals surface area contributed by atoms with Gasteiger partial charge in [-0.15, -0.1) is 0 Å². The van der Waals surface area contributed by atoms with Gasteiger partial charge in [-0.1, -0.05) is 6.07 Å². The van der Waals surface area contributed by atoms with Gasteiger partial charge in [0.1, 0.15) is 5.82 Å². The molecule has 5 heteroatoms. The number of benzene rings is 1. The summed E-state index contributed by atoms with van der Waals surface area (Å²) in [5.41, 5.74) is 7.86. The molecule has 1 atom stereocenters. The molecule has 0 aliphatic rings. The average Bonchev–Trinajstić information content (AvgIpc) is 2.94. The lowest BCUT2D eigenvalue weighted by atomic mass is 10.1. The summed E-state index contributed by atoms with van der Waals surface area (Å²) in [6.07, 6.45) is 3.86. The predicted molar refractivity (Wildman–Crippen MR) is 83.8 cm³/mol. The minimum Gasteiger partial charge on any atom is -0.363 e. The van der Waals surface area contributed by atoms with Crippen LogP contribution in [0.5, 0.6) is 0 Å². The third-order valence-electron chi connectivity index (χ3n) is 3.62. The Morgan fingerprint density at radius 3 is 2.67 bits per heavy atom. The zero-order valence-electron chi connectivity index (χ0n) is 12.8.